The Morgan fingerprint density at radius 3 is 3.06 bits per heavy atom. The van der Waals surface area contributed by atoms with E-state index in [0.717, 1.165) is 35.9 Å². The lowest BCUT2D eigenvalue weighted by atomic mass is 10.0. The Hall–Kier alpha value is -1.90. The van der Waals surface area contributed by atoms with Gasteiger partial charge >= 0.3 is 0 Å². The third-order valence-corrected chi connectivity index (χ3v) is 3.20. The van der Waals surface area contributed by atoms with E-state index in [4.69, 9.17) is 9.15 Å². The molecule has 0 atom stereocenters. The molecule has 0 spiro atoms. The molecule has 3 nitrogen and oxygen atoms in total. The van der Waals surface area contributed by atoms with Gasteiger partial charge in [0.2, 0.25) is 0 Å². The summed E-state index contributed by atoms with van der Waals surface area (Å²) in [5.74, 6) is 2.70. The zero-order chi connectivity index (χ0) is 12.4. The van der Waals surface area contributed by atoms with Crippen molar-refractivity contribution < 1.29 is 9.15 Å². The molecule has 18 heavy (non-hydrogen) atoms. The number of nitrogens with one attached hydrogen (secondary N) is 1. The predicted molar refractivity (Wildman–Crippen MR) is 71.0 cm³/mol. The van der Waals surface area contributed by atoms with E-state index in [0.29, 0.717) is 6.61 Å². The second-order valence-electron chi connectivity index (χ2n) is 4.62. The van der Waals surface area contributed by atoms with E-state index in [9.17, 15) is 0 Å². The van der Waals surface area contributed by atoms with Gasteiger partial charge in [-0.2, -0.15) is 0 Å². The van der Waals surface area contributed by atoms with Crippen molar-refractivity contribution in [2.45, 2.75) is 26.4 Å². The van der Waals surface area contributed by atoms with Crippen LogP contribution in [0.3, 0.4) is 0 Å². The average molecular weight is 243 g/mol. The summed E-state index contributed by atoms with van der Waals surface area (Å²) in [6.07, 6.45) is 2.31. The molecule has 0 saturated heterocycles. The number of fused-ring (bicyclic) bond motifs is 1. The van der Waals surface area contributed by atoms with Crippen LogP contribution in [0, 0.1) is 6.92 Å². The number of ether oxygens (including phenoxy) is 1. The summed E-state index contributed by atoms with van der Waals surface area (Å²) in [6, 6.07) is 10.1. The molecule has 3 rings (SSSR count). The van der Waals surface area contributed by atoms with Gasteiger partial charge in [0.25, 0.3) is 0 Å². The fourth-order valence-corrected chi connectivity index (χ4v) is 2.31. The van der Waals surface area contributed by atoms with Crippen molar-refractivity contribution in [1.82, 2.24) is 0 Å². The minimum Gasteiger partial charge on any atom is -0.483 e. The Labute approximate surface area is 107 Å². The third-order valence-electron chi connectivity index (χ3n) is 3.20. The largest absolute Gasteiger partial charge is 0.483 e. The maximum atomic E-state index is 5.85. The van der Waals surface area contributed by atoms with Gasteiger partial charge in [-0.1, -0.05) is 12.1 Å². The van der Waals surface area contributed by atoms with E-state index in [2.05, 4.69) is 17.4 Å². The van der Waals surface area contributed by atoms with Gasteiger partial charge < -0.3 is 14.5 Å². The van der Waals surface area contributed by atoms with Crippen LogP contribution < -0.4 is 10.1 Å². The molecule has 0 fully saturated rings. The fourth-order valence-electron chi connectivity index (χ4n) is 2.31. The highest BCUT2D eigenvalue weighted by atomic mass is 16.5. The summed E-state index contributed by atoms with van der Waals surface area (Å²) in [6.45, 7) is 3.44. The number of furan rings is 1. The van der Waals surface area contributed by atoms with E-state index in [1.165, 1.54) is 12.0 Å². The first-order valence-electron chi connectivity index (χ1n) is 6.37. The quantitative estimate of drug-likeness (QED) is 0.895. The molecule has 2 heterocycles. The molecule has 0 radical (unpaired) electrons. The highest BCUT2D eigenvalue weighted by Gasteiger charge is 2.13. The van der Waals surface area contributed by atoms with Crippen LogP contribution in [-0.4, -0.2) is 6.54 Å². The van der Waals surface area contributed by atoms with Gasteiger partial charge in [-0.25, -0.2) is 0 Å². The lowest BCUT2D eigenvalue weighted by Crippen LogP contribution is -2.13. The zero-order valence-corrected chi connectivity index (χ0v) is 10.5. The van der Waals surface area contributed by atoms with E-state index in [1.54, 1.807) is 0 Å². The minimum absolute atomic E-state index is 0.478. The number of rotatable bonds is 3. The van der Waals surface area contributed by atoms with Crippen molar-refractivity contribution in [3.63, 3.8) is 0 Å². The second kappa shape index (κ2) is 4.77. The number of para-hydroxylation sites is 1. The number of hydrogen-bond donors (Lipinski definition) is 1. The van der Waals surface area contributed by atoms with Crippen LogP contribution in [0.25, 0.3) is 0 Å². The van der Waals surface area contributed by atoms with Gasteiger partial charge in [-0.15, -0.1) is 0 Å². The summed E-state index contributed by atoms with van der Waals surface area (Å²) < 4.78 is 11.4. The molecule has 0 unspecified atom stereocenters. The maximum Gasteiger partial charge on any atom is 0.146 e. The van der Waals surface area contributed by atoms with Gasteiger partial charge in [-0.3, -0.25) is 0 Å². The first-order chi connectivity index (χ1) is 8.83. The standard InChI is InChI=1S/C15H17NO2/c1-11-7-8-13(18-11)10-17-14-6-2-4-12-5-3-9-16-15(12)14/h2,4,6-8,16H,3,5,9-10H2,1H3. The minimum atomic E-state index is 0.478. The number of benzene rings is 1. The highest BCUT2D eigenvalue weighted by Crippen LogP contribution is 2.32. The molecule has 3 heteroatoms. The first kappa shape index (κ1) is 11.2. The van der Waals surface area contributed by atoms with Crippen molar-refractivity contribution in [2.75, 3.05) is 11.9 Å². The van der Waals surface area contributed by atoms with E-state index in [1.807, 2.05) is 25.1 Å². The lowest BCUT2D eigenvalue weighted by Gasteiger charge is -2.20. The predicted octanol–water partition coefficient (Wildman–Crippen LogP) is 3.53. The van der Waals surface area contributed by atoms with Gasteiger partial charge in [0.1, 0.15) is 23.9 Å². The monoisotopic (exact) mass is 243 g/mol. The molecule has 0 amide bonds. The molecule has 2 aromatic rings. The van der Waals surface area contributed by atoms with Crippen molar-refractivity contribution in [3.05, 3.63) is 47.4 Å². The fraction of sp³-hybridized carbons (Fsp3) is 0.333. The van der Waals surface area contributed by atoms with E-state index >= 15 is 0 Å². The van der Waals surface area contributed by atoms with Crippen LogP contribution in [0.2, 0.25) is 0 Å². The van der Waals surface area contributed by atoms with Crippen LogP contribution in [0.1, 0.15) is 23.5 Å². The molecule has 1 aliphatic heterocycles. The highest BCUT2D eigenvalue weighted by molar-refractivity contribution is 5.63. The van der Waals surface area contributed by atoms with Crippen LogP contribution in [0.4, 0.5) is 5.69 Å². The van der Waals surface area contributed by atoms with Gasteiger partial charge in [-0.05, 0) is 43.5 Å². The topological polar surface area (TPSA) is 34.4 Å². The molecule has 94 valence electrons. The van der Waals surface area contributed by atoms with Crippen LogP contribution in [0.15, 0.2) is 34.7 Å². The second-order valence-corrected chi connectivity index (χ2v) is 4.62. The van der Waals surface area contributed by atoms with Crippen molar-refractivity contribution in [3.8, 4) is 5.75 Å². The molecule has 0 aliphatic carbocycles. The third kappa shape index (κ3) is 2.21. The van der Waals surface area contributed by atoms with Crippen LogP contribution in [0.5, 0.6) is 5.75 Å². The first-order valence-corrected chi connectivity index (χ1v) is 6.37. The molecule has 0 bridgehead atoms. The van der Waals surface area contributed by atoms with Crippen LogP contribution in [-0.2, 0) is 13.0 Å². The van der Waals surface area contributed by atoms with Gasteiger partial charge in [0.15, 0.2) is 0 Å². The summed E-state index contributed by atoms with van der Waals surface area (Å²) in [7, 11) is 0. The van der Waals surface area contributed by atoms with E-state index in [-0.39, 0.29) is 0 Å². The Bertz CT molecular complexity index is 545. The number of aryl methyl sites for hydroxylation is 2. The summed E-state index contributed by atoms with van der Waals surface area (Å²) in [5, 5.41) is 3.42. The normalized spacial score (nSPS) is 13.8. The zero-order valence-electron chi connectivity index (χ0n) is 10.5. The molecule has 1 aromatic heterocycles. The van der Waals surface area contributed by atoms with Crippen molar-refractivity contribution >= 4 is 5.69 Å². The Kier molecular flexibility index (Phi) is 2.97. The lowest BCUT2D eigenvalue weighted by molar-refractivity contribution is 0.268. The number of anilines is 1. The Morgan fingerprint density at radius 1 is 1.28 bits per heavy atom. The smallest absolute Gasteiger partial charge is 0.146 e. The molecular formula is C15H17NO2. The molecule has 0 saturated carbocycles. The Morgan fingerprint density at radius 2 is 2.22 bits per heavy atom. The molecule has 1 aliphatic rings. The van der Waals surface area contributed by atoms with Crippen LogP contribution >= 0.6 is 0 Å². The Balaban J connectivity index is 1.76. The molecule has 1 N–H and O–H groups in total. The molecular weight excluding hydrogens is 226 g/mol. The number of hydrogen-bond acceptors (Lipinski definition) is 3. The van der Waals surface area contributed by atoms with Crippen molar-refractivity contribution in [1.29, 1.82) is 0 Å². The average Bonchev–Trinajstić information content (AvgIpc) is 2.82. The summed E-state index contributed by atoms with van der Waals surface area (Å²) in [5.41, 5.74) is 2.49. The maximum absolute atomic E-state index is 5.85. The SMILES string of the molecule is Cc1ccc(COc2cccc3c2NCCC3)o1. The summed E-state index contributed by atoms with van der Waals surface area (Å²) >= 11 is 0. The van der Waals surface area contributed by atoms with Crippen molar-refractivity contribution in [2.24, 2.45) is 0 Å². The molecule has 1 aromatic carbocycles. The van der Waals surface area contributed by atoms with Gasteiger partial charge in [0.05, 0.1) is 5.69 Å². The summed E-state index contributed by atoms with van der Waals surface area (Å²) in [4.78, 5) is 0. The van der Waals surface area contributed by atoms with Gasteiger partial charge in [0, 0.05) is 6.54 Å². The van der Waals surface area contributed by atoms with E-state index < -0.39 is 0 Å².